The van der Waals surface area contributed by atoms with E-state index in [1.54, 1.807) is 7.11 Å². The van der Waals surface area contributed by atoms with Crippen molar-refractivity contribution >= 4 is 17.3 Å². The Labute approximate surface area is 155 Å². The zero-order chi connectivity index (χ0) is 17.5. The van der Waals surface area contributed by atoms with Crippen LogP contribution in [0.15, 0.2) is 54.6 Å². The Morgan fingerprint density at radius 1 is 0.960 bits per heavy atom. The van der Waals surface area contributed by atoms with Gasteiger partial charge in [-0.2, -0.15) is 0 Å². The van der Waals surface area contributed by atoms with E-state index in [4.69, 9.17) is 17.0 Å². The van der Waals surface area contributed by atoms with Crippen LogP contribution in [0.4, 0.5) is 0 Å². The van der Waals surface area contributed by atoms with Gasteiger partial charge < -0.3 is 15.0 Å². The van der Waals surface area contributed by atoms with Crippen LogP contribution in [0.5, 0.6) is 5.75 Å². The molecule has 2 aromatic rings. The molecule has 2 aromatic carbocycles. The average Bonchev–Trinajstić information content (AvgIpc) is 2.68. The van der Waals surface area contributed by atoms with E-state index in [-0.39, 0.29) is 0 Å². The highest BCUT2D eigenvalue weighted by Gasteiger charge is 2.18. The van der Waals surface area contributed by atoms with Crippen molar-refractivity contribution < 1.29 is 4.74 Å². The molecule has 0 saturated carbocycles. The van der Waals surface area contributed by atoms with Crippen LogP contribution < -0.4 is 10.1 Å². The summed E-state index contributed by atoms with van der Waals surface area (Å²) in [5, 5.41) is 4.23. The molecule has 0 atom stereocenters. The smallest absolute Gasteiger partial charge is 0.169 e. The third-order valence-electron chi connectivity index (χ3n) is 4.51. The molecule has 0 aliphatic carbocycles. The fraction of sp³-hybridized carbons (Fsp3) is 0.350. The zero-order valence-electron chi connectivity index (χ0n) is 14.6. The van der Waals surface area contributed by atoms with E-state index >= 15 is 0 Å². The number of nitrogens with one attached hydrogen (secondary N) is 1. The standard InChI is InChI=1S/C20H25N3OS/c1-24-19-9-7-18(8-10-19)16-22-11-13-23(14-12-22)20(25)21-15-17-5-3-2-4-6-17/h2-10H,11-16H2,1H3,(H,21,25). The molecule has 5 heteroatoms. The largest absolute Gasteiger partial charge is 0.497 e. The summed E-state index contributed by atoms with van der Waals surface area (Å²) in [6.07, 6.45) is 0. The summed E-state index contributed by atoms with van der Waals surface area (Å²) in [6.45, 7) is 5.75. The molecule has 0 radical (unpaired) electrons. The van der Waals surface area contributed by atoms with Gasteiger partial charge >= 0.3 is 0 Å². The Morgan fingerprint density at radius 2 is 1.64 bits per heavy atom. The van der Waals surface area contributed by atoms with Crippen molar-refractivity contribution in [3.63, 3.8) is 0 Å². The van der Waals surface area contributed by atoms with E-state index in [1.165, 1.54) is 11.1 Å². The Bertz CT molecular complexity index is 667. The maximum Gasteiger partial charge on any atom is 0.169 e. The molecule has 4 nitrogen and oxygen atoms in total. The summed E-state index contributed by atoms with van der Waals surface area (Å²) in [6, 6.07) is 18.7. The molecule has 1 saturated heterocycles. The Balaban J connectivity index is 1.42. The maximum atomic E-state index is 5.55. The Kier molecular flexibility index (Phi) is 6.25. The molecule has 1 heterocycles. The molecule has 1 fully saturated rings. The van der Waals surface area contributed by atoms with Crippen LogP contribution in [0.3, 0.4) is 0 Å². The topological polar surface area (TPSA) is 27.7 Å². The number of rotatable bonds is 5. The van der Waals surface area contributed by atoms with Crippen LogP contribution in [0.25, 0.3) is 0 Å². The average molecular weight is 356 g/mol. The molecule has 0 aromatic heterocycles. The van der Waals surface area contributed by atoms with Crippen LogP contribution in [0.1, 0.15) is 11.1 Å². The third kappa shape index (κ3) is 5.18. The first-order valence-corrected chi connectivity index (χ1v) is 9.07. The predicted octanol–water partition coefficient (Wildman–Crippen LogP) is 2.89. The van der Waals surface area contributed by atoms with Crippen molar-refractivity contribution in [2.75, 3.05) is 33.3 Å². The lowest BCUT2D eigenvalue weighted by Gasteiger charge is -2.36. The minimum atomic E-state index is 0.783. The van der Waals surface area contributed by atoms with Crippen molar-refractivity contribution in [1.29, 1.82) is 0 Å². The molecule has 0 bridgehead atoms. The summed E-state index contributed by atoms with van der Waals surface area (Å²) in [5.74, 6) is 0.906. The minimum Gasteiger partial charge on any atom is -0.497 e. The van der Waals surface area contributed by atoms with Crippen LogP contribution in [0.2, 0.25) is 0 Å². The molecule has 0 amide bonds. The number of hydrogen-bond donors (Lipinski definition) is 1. The minimum absolute atomic E-state index is 0.783. The van der Waals surface area contributed by atoms with Gasteiger partial charge in [0.25, 0.3) is 0 Å². The van der Waals surface area contributed by atoms with E-state index in [0.717, 1.165) is 50.1 Å². The van der Waals surface area contributed by atoms with E-state index in [9.17, 15) is 0 Å². The Hall–Kier alpha value is -2.11. The first-order chi connectivity index (χ1) is 12.2. The summed E-state index contributed by atoms with van der Waals surface area (Å²) in [5.41, 5.74) is 2.57. The molecule has 1 aliphatic heterocycles. The van der Waals surface area contributed by atoms with Crippen molar-refractivity contribution in [2.24, 2.45) is 0 Å². The third-order valence-corrected chi connectivity index (χ3v) is 4.91. The van der Waals surface area contributed by atoms with Gasteiger partial charge in [0.1, 0.15) is 5.75 Å². The molecule has 25 heavy (non-hydrogen) atoms. The van der Waals surface area contributed by atoms with Crippen molar-refractivity contribution in [1.82, 2.24) is 15.1 Å². The second-order valence-corrected chi connectivity index (χ2v) is 6.64. The second kappa shape index (κ2) is 8.83. The van der Waals surface area contributed by atoms with Gasteiger partial charge in [0, 0.05) is 39.3 Å². The molecule has 132 valence electrons. The van der Waals surface area contributed by atoms with E-state index in [0.29, 0.717) is 0 Å². The Morgan fingerprint density at radius 3 is 2.28 bits per heavy atom. The van der Waals surface area contributed by atoms with Gasteiger partial charge in [-0.1, -0.05) is 42.5 Å². The second-order valence-electron chi connectivity index (χ2n) is 6.26. The predicted molar refractivity (Wildman–Crippen MR) is 106 cm³/mol. The first-order valence-electron chi connectivity index (χ1n) is 8.66. The van der Waals surface area contributed by atoms with Gasteiger partial charge in [-0.25, -0.2) is 0 Å². The monoisotopic (exact) mass is 355 g/mol. The van der Waals surface area contributed by atoms with Crippen LogP contribution in [-0.4, -0.2) is 48.2 Å². The number of ether oxygens (including phenoxy) is 1. The molecule has 0 spiro atoms. The number of thiocarbonyl (C=S) groups is 1. The molecule has 1 N–H and O–H groups in total. The van der Waals surface area contributed by atoms with E-state index in [1.807, 2.05) is 18.2 Å². The van der Waals surface area contributed by atoms with E-state index in [2.05, 4.69) is 51.5 Å². The SMILES string of the molecule is COc1ccc(CN2CCN(C(=S)NCc3ccccc3)CC2)cc1. The molecular weight excluding hydrogens is 330 g/mol. The normalized spacial score (nSPS) is 15.0. The highest BCUT2D eigenvalue weighted by Crippen LogP contribution is 2.14. The first kappa shape index (κ1) is 17.7. The van der Waals surface area contributed by atoms with Gasteiger partial charge in [0.15, 0.2) is 5.11 Å². The van der Waals surface area contributed by atoms with Crippen LogP contribution in [0, 0.1) is 0 Å². The lowest BCUT2D eigenvalue weighted by atomic mass is 10.2. The van der Waals surface area contributed by atoms with E-state index < -0.39 is 0 Å². The number of hydrogen-bond acceptors (Lipinski definition) is 3. The summed E-state index contributed by atoms with van der Waals surface area (Å²) in [4.78, 5) is 4.74. The van der Waals surface area contributed by atoms with Gasteiger partial charge in [0.2, 0.25) is 0 Å². The number of nitrogens with zero attached hydrogens (tertiary/aromatic N) is 2. The van der Waals surface area contributed by atoms with Gasteiger partial charge in [-0.15, -0.1) is 0 Å². The lowest BCUT2D eigenvalue weighted by Crippen LogP contribution is -2.51. The summed E-state index contributed by atoms with van der Waals surface area (Å²) >= 11 is 5.55. The van der Waals surface area contributed by atoms with Crippen LogP contribution in [-0.2, 0) is 13.1 Å². The number of piperazine rings is 1. The highest BCUT2D eigenvalue weighted by atomic mass is 32.1. The van der Waals surface area contributed by atoms with Crippen LogP contribution >= 0.6 is 12.2 Å². The molecular formula is C20H25N3OS. The van der Waals surface area contributed by atoms with Gasteiger partial charge in [-0.3, -0.25) is 4.90 Å². The van der Waals surface area contributed by atoms with Crippen molar-refractivity contribution in [2.45, 2.75) is 13.1 Å². The number of methoxy groups -OCH3 is 1. The zero-order valence-corrected chi connectivity index (χ0v) is 15.5. The summed E-state index contributed by atoms with van der Waals surface area (Å²) < 4.78 is 5.21. The highest BCUT2D eigenvalue weighted by molar-refractivity contribution is 7.80. The van der Waals surface area contributed by atoms with Gasteiger partial charge in [-0.05, 0) is 35.5 Å². The molecule has 3 rings (SSSR count). The lowest BCUT2D eigenvalue weighted by molar-refractivity contribution is 0.174. The fourth-order valence-corrected chi connectivity index (χ4v) is 3.24. The summed E-state index contributed by atoms with van der Waals surface area (Å²) in [7, 11) is 1.70. The van der Waals surface area contributed by atoms with Gasteiger partial charge in [0.05, 0.1) is 7.11 Å². The quantitative estimate of drug-likeness (QED) is 0.833. The fourth-order valence-electron chi connectivity index (χ4n) is 2.98. The maximum absolute atomic E-state index is 5.55. The molecule has 0 unspecified atom stereocenters. The molecule has 1 aliphatic rings. The number of benzene rings is 2. The van der Waals surface area contributed by atoms with Crippen molar-refractivity contribution in [3.8, 4) is 5.75 Å². The van der Waals surface area contributed by atoms with Crippen molar-refractivity contribution in [3.05, 3.63) is 65.7 Å².